The summed E-state index contributed by atoms with van der Waals surface area (Å²) in [6, 6.07) is 29.1. The molecule has 0 bridgehead atoms. The molecule has 7 rings (SSSR count). The first kappa shape index (κ1) is 50.3. The van der Waals surface area contributed by atoms with Crippen molar-refractivity contribution in [2.24, 2.45) is 0 Å². The van der Waals surface area contributed by atoms with Crippen molar-refractivity contribution in [1.29, 1.82) is 0 Å². The first-order valence-electron chi connectivity index (χ1n) is 18.4. The summed E-state index contributed by atoms with van der Waals surface area (Å²) in [6.45, 7) is 0. The van der Waals surface area contributed by atoms with Crippen LogP contribution in [0.5, 0.6) is 0 Å². The second kappa shape index (κ2) is 19.3. The Labute approximate surface area is 369 Å². The van der Waals surface area contributed by atoms with Crippen LogP contribution in [0.2, 0.25) is 0 Å². The van der Waals surface area contributed by atoms with Crippen LogP contribution in [0.25, 0.3) is 0 Å². The lowest BCUT2D eigenvalue weighted by atomic mass is 9.12. The molecule has 1 atom stereocenters. The van der Waals surface area contributed by atoms with Crippen LogP contribution in [0.3, 0.4) is 0 Å². The van der Waals surface area contributed by atoms with Gasteiger partial charge in [0.15, 0.2) is 95.6 Å². The molecular formula is C45H17BF20OS. The molecule has 0 saturated carbocycles. The molecule has 0 spiro atoms. The zero-order valence-electron chi connectivity index (χ0n) is 32.8. The predicted octanol–water partition coefficient (Wildman–Crippen LogP) is 10.6. The second-order valence-corrected chi connectivity index (χ2v) is 16.3. The molecule has 68 heavy (non-hydrogen) atoms. The van der Waals surface area contributed by atoms with E-state index in [0.717, 1.165) is 16.0 Å². The minimum atomic E-state index is -7.22. The highest BCUT2D eigenvalue weighted by Gasteiger charge is 2.52. The molecule has 1 unspecified atom stereocenters. The van der Waals surface area contributed by atoms with Crippen LogP contribution in [0.1, 0.15) is 11.1 Å². The van der Waals surface area contributed by atoms with E-state index < -0.39 is 154 Å². The SMILES string of the molecule is Fc1c(F)c(F)c([B-](c2c(F)c(F)c(F)c(F)c2F)(c2c(F)c(F)c(F)c(F)c2F)c2c(F)c(F)c(F)c(F)c2F)c(F)c1F.O=[S+](C#Cc1ccccc1)(Cc1ccccc1)c1ccccc1. The highest BCUT2D eigenvalue weighted by atomic mass is 32.2. The molecule has 0 aliphatic carbocycles. The van der Waals surface area contributed by atoms with Crippen LogP contribution in [0.15, 0.2) is 95.9 Å². The molecule has 352 valence electrons. The Balaban J connectivity index is 0.000000276. The summed E-state index contributed by atoms with van der Waals surface area (Å²) in [4.78, 5) is 0.785. The number of rotatable bonds is 7. The highest BCUT2D eigenvalue weighted by Crippen LogP contribution is 2.31. The largest absolute Gasteiger partial charge is 0.207 e. The van der Waals surface area contributed by atoms with Gasteiger partial charge in [-0.15, -0.1) is 21.9 Å². The average Bonchev–Trinajstić information content (AvgIpc) is 3.34. The average molecular weight is 996 g/mol. The van der Waals surface area contributed by atoms with Crippen molar-refractivity contribution in [2.75, 3.05) is 0 Å². The van der Waals surface area contributed by atoms with Crippen molar-refractivity contribution in [1.82, 2.24) is 0 Å². The Kier molecular flexibility index (Phi) is 14.3. The standard InChI is InChI=1S/C24BF20.C21H17OS/c26-5-1(6(27)14(35)21(42)13(5)34)25(2-7(28)15(36)22(43)16(37)8(2)29,3-9(30)17(38)23(44)18(39)10(3)31)4-11(32)19(40)24(45)20(41)12(4)33;22-23(21-14-8-3-9-15-21,18-20-12-6-2-7-13-20)17-16-19-10-4-1-5-11-19/h;1-15H,18H2/q-1;+1. The van der Waals surface area contributed by atoms with Crippen molar-refractivity contribution in [3.63, 3.8) is 0 Å². The zero-order chi connectivity index (χ0) is 50.3. The summed E-state index contributed by atoms with van der Waals surface area (Å²) in [7, 11) is -2.48. The van der Waals surface area contributed by atoms with Crippen molar-refractivity contribution in [3.05, 3.63) is 218 Å². The van der Waals surface area contributed by atoms with E-state index in [2.05, 4.69) is 11.2 Å². The van der Waals surface area contributed by atoms with Gasteiger partial charge in [-0.2, -0.15) is 0 Å². The van der Waals surface area contributed by atoms with Gasteiger partial charge in [0.1, 0.15) is 52.7 Å². The normalized spacial score (nSPS) is 12.2. The molecule has 0 N–H and O–H groups in total. The highest BCUT2D eigenvalue weighted by molar-refractivity contribution is 8.06. The maximum Gasteiger partial charge on any atom is 0.200 e. The number of halogens is 20. The minimum absolute atomic E-state index is 0.428. The molecule has 7 aromatic rings. The molecule has 23 heteroatoms. The molecule has 0 aromatic heterocycles. The molecular weight excluding hydrogens is 979 g/mol. The van der Waals surface area contributed by atoms with E-state index >= 15 is 35.1 Å². The molecule has 0 aliphatic rings. The van der Waals surface area contributed by atoms with Gasteiger partial charge in [0, 0.05) is 11.1 Å². The third-order valence-electron chi connectivity index (χ3n) is 10.2. The van der Waals surface area contributed by atoms with E-state index in [0.29, 0.717) is 5.75 Å². The van der Waals surface area contributed by atoms with Gasteiger partial charge in [-0.3, -0.25) is 0 Å². The fourth-order valence-electron chi connectivity index (χ4n) is 7.16. The predicted molar refractivity (Wildman–Crippen MR) is 205 cm³/mol. The lowest BCUT2D eigenvalue weighted by Gasteiger charge is -2.44. The van der Waals surface area contributed by atoms with Crippen molar-refractivity contribution < 1.29 is 92.0 Å². The molecule has 0 amide bonds. The molecule has 0 heterocycles. The number of hydrogen-bond donors (Lipinski definition) is 0. The summed E-state index contributed by atoms with van der Waals surface area (Å²) < 4.78 is 308. The van der Waals surface area contributed by atoms with Crippen LogP contribution >= 0.6 is 0 Å². The molecule has 0 saturated heterocycles. The van der Waals surface area contributed by atoms with Crippen LogP contribution < -0.4 is 21.9 Å². The Morgan fingerprint density at radius 3 is 0.838 bits per heavy atom. The van der Waals surface area contributed by atoms with E-state index in [1.807, 2.05) is 91.0 Å². The van der Waals surface area contributed by atoms with Gasteiger partial charge < -0.3 is 0 Å². The van der Waals surface area contributed by atoms with E-state index in [1.165, 1.54) is 0 Å². The molecule has 0 fully saturated rings. The second-order valence-electron chi connectivity index (χ2n) is 14.0. The smallest absolute Gasteiger partial charge is 0.200 e. The zero-order valence-corrected chi connectivity index (χ0v) is 33.6. The van der Waals surface area contributed by atoms with Gasteiger partial charge in [0.25, 0.3) is 0 Å². The van der Waals surface area contributed by atoms with Crippen molar-refractivity contribution in [2.45, 2.75) is 10.6 Å². The van der Waals surface area contributed by atoms with Crippen LogP contribution in [0, 0.1) is 128 Å². The topological polar surface area (TPSA) is 17.1 Å². The quantitative estimate of drug-likeness (QED) is 0.0388. The Bertz CT molecular complexity index is 2850. The lowest BCUT2D eigenvalue weighted by Crippen LogP contribution is -2.81. The summed E-state index contributed by atoms with van der Waals surface area (Å²) in [6.07, 6.45) is -7.22. The van der Waals surface area contributed by atoms with E-state index in [9.17, 15) is 56.9 Å². The summed E-state index contributed by atoms with van der Waals surface area (Å²) in [5, 5.41) is 3.05. The molecule has 7 aromatic carbocycles. The summed E-state index contributed by atoms with van der Waals surface area (Å²) >= 11 is 0. The molecule has 1 nitrogen and oxygen atoms in total. The van der Waals surface area contributed by atoms with Gasteiger partial charge in [-0.05, 0) is 30.2 Å². The van der Waals surface area contributed by atoms with Crippen molar-refractivity contribution >= 4 is 37.9 Å². The Morgan fingerprint density at radius 2 is 0.559 bits per heavy atom. The Morgan fingerprint density at radius 1 is 0.324 bits per heavy atom. The van der Waals surface area contributed by atoms with Crippen LogP contribution in [-0.4, -0.2) is 6.15 Å². The minimum Gasteiger partial charge on any atom is -0.207 e. The maximum atomic E-state index is 15.4. The Hall–Kier alpha value is -7.09. The summed E-state index contributed by atoms with van der Waals surface area (Å²) in [5.74, 6) is -67.9. The van der Waals surface area contributed by atoms with Gasteiger partial charge in [-0.1, -0.05) is 70.9 Å². The third kappa shape index (κ3) is 8.34. The van der Waals surface area contributed by atoms with Gasteiger partial charge in [-0.25, -0.2) is 87.8 Å². The van der Waals surface area contributed by atoms with E-state index in [4.69, 9.17) is 0 Å². The monoisotopic (exact) mass is 996 g/mol. The lowest BCUT2D eigenvalue weighted by molar-refractivity contribution is 0.378. The molecule has 0 radical (unpaired) electrons. The van der Waals surface area contributed by atoms with Gasteiger partial charge >= 0.3 is 0 Å². The number of hydrogen-bond acceptors (Lipinski definition) is 1. The third-order valence-corrected chi connectivity index (χ3v) is 12.4. The fraction of sp³-hybridized carbons (Fsp3) is 0.0222. The summed E-state index contributed by atoms with van der Waals surface area (Å²) in [5.41, 5.74) is -12.4. The van der Waals surface area contributed by atoms with Crippen LogP contribution in [-0.2, 0) is 19.9 Å². The van der Waals surface area contributed by atoms with Crippen molar-refractivity contribution in [3.8, 4) is 11.2 Å². The van der Waals surface area contributed by atoms with E-state index in [1.54, 1.807) is 0 Å². The van der Waals surface area contributed by atoms with Crippen LogP contribution in [0.4, 0.5) is 87.8 Å². The first-order chi connectivity index (χ1) is 32.0. The fourth-order valence-corrected chi connectivity index (χ4v) is 9.06. The van der Waals surface area contributed by atoms with Gasteiger partial charge in [0.2, 0.25) is 0 Å². The maximum absolute atomic E-state index is 15.4. The molecule has 0 aliphatic heterocycles. The van der Waals surface area contributed by atoms with Gasteiger partial charge in [0.05, 0.1) is 0 Å². The number of benzene rings is 7. The first-order valence-corrected chi connectivity index (χ1v) is 20.1. The van der Waals surface area contributed by atoms with E-state index in [-0.39, 0.29) is 0 Å².